The summed E-state index contributed by atoms with van der Waals surface area (Å²) in [4.78, 5) is 17.0. The maximum atomic E-state index is 10.5. The van der Waals surface area contributed by atoms with Gasteiger partial charge >= 0.3 is 7.82 Å². The molecule has 1 rings (SSSR count). The van der Waals surface area contributed by atoms with Crippen molar-refractivity contribution < 1.29 is 55.0 Å². The van der Waals surface area contributed by atoms with Gasteiger partial charge in [0, 0.05) is 103 Å². The van der Waals surface area contributed by atoms with Crippen LogP contribution in [0, 0.1) is 0 Å². The summed E-state index contributed by atoms with van der Waals surface area (Å²) in [6.45, 7) is -0.702. The van der Waals surface area contributed by atoms with Gasteiger partial charge in [-0.25, -0.2) is 4.57 Å². The molecule has 0 aromatic carbocycles. The summed E-state index contributed by atoms with van der Waals surface area (Å²) < 4.78 is 19.2. The fourth-order valence-corrected chi connectivity index (χ4v) is 1.73. The molecule has 20 heavy (non-hydrogen) atoms. The molecule has 1 aliphatic rings. The van der Waals surface area contributed by atoms with Crippen LogP contribution >= 0.6 is 7.82 Å². The minimum Gasteiger partial charge on any atom is -0.412 e. The third kappa shape index (κ3) is 9.41. The number of hydrogen-bond acceptors (Lipinski definition) is 7. The molecule has 1 saturated heterocycles. The van der Waals surface area contributed by atoms with Crippen LogP contribution in [0.4, 0.5) is 0 Å². The van der Waals surface area contributed by atoms with E-state index in [1.165, 1.54) is 0 Å². The van der Waals surface area contributed by atoms with Gasteiger partial charge in [-0.2, -0.15) is 0 Å². The van der Waals surface area contributed by atoms with Gasteiger partial charge in [0.15, 0.2) is 6.29 Å². The summed E-state index contributed by atoms with van der Waals surface area (Å²) in [7, 11) is -4.91. The van der Waals surface area contributed by atoms with Crippen LogP contribution in [0.3, 0.4) is 0 Å². The second-order valence-electron chi connectivity index (χ2n) is 3.29. The molecule has 0 saturated carbocycles. The molecule has 1 fully saturated rings. The summed E-state index contributed by atoms with van der Waals surface area (Å²) in [5.41, 5.74) is 0. The Labute approximate surface area is 199 Å². The molecule has 0 bridgehead atoms. The fraction of sp³-hybridized carbons (Fsp3) is 1.00. The monoisotopic (exact) mass is 374 g/mol. The van der Waals surface area contributed by atoms with Crippen LogP contribution in [0.1, 0.15) is 0 Å². The Kier molecular flexibility index (Phi) is 20.7. The molecule has 0 aliphatic carbocycles. The molecule has 11 nitrogen and oxygen atoms in total. The zero-order chi connectivity index (χ0) is 12.5. The Bertz CT molecular complexity index is 286. The topological polar surface area (TPSA) is 220 Å². The van der Waals surface area contributed by atoms with E-state index in [2.05, 4.69) is 9.26 Å². The number of phosphoric acid groups is 1. The van der Waals surface area contributed by atoms with Crippen molar-refractivity contribution in [3.8, 4) is 0 Å². The van der Waals surface area contributed by atoms with Gasteiger partial charge in [0.25, 0.3) is 0 Å². The van der Waals surface area contributed by atoms with E-state index >= 15 is 0 Å². The maximum absolute atomic E-state index is 10.5. The molecule has 0 amide bonds. The van der Waals surface area contributed by atoms with Gasteiger partial charge in [-0.05, 0) is 0 Å². The van der Waals surface area contributed by atoms with Crippen molar-refractivity contribution in [3.63, 3.8) is 0 Å². The summed E-state index contributed by atoms with van der Waals surface area (Å²) in [5.74, 6) is 0. The van der Waals surface area contributed by atoms with Crippen molar-refractivity contribution in [3.05, 3.63) is 0 Å². The zero-order valence-corrected chi connectivity index (χ0v) is 18.1. The van der Waals surface area contributed by atoms with Crippen LogP contribution in [0.15, 0.2) is 0 Å². The first-order valence-corrected chi connectivity index (χ1v) is 5.83. The standard InChI is InChI=1S/C6H13O9P.2K.2H2O/c7-1-2-3(8)4(9)5(10)6(14-2)15-16(11,12)13;;;;/h2-10H,1H2,(H2,11,12,13);;;2*1H2/t2-,3-,4+,5-,6-;;;;/m1..../s1. The number of aliphatic hydroxyl groups is 4. The molecule has 114 valence electrons. The summed E-state index contributed by atoms with van der Waals surface area (Å²) >= 11 is 0. The van der Waals surface area contributed by atoms with E-state index in [1.54, 1.807) is 0 Å². The van der Waals surface area contributed by atoms with E-state index in [9.17, 15) is 19.9 Å². The Balaban J connectivity index is -0.000000320. The number of rotatable bonds is 3. The predicted octanol–water partition coefficient (Wildman–Crippen LogP) is -5.52. The third-order valence-corrected chi connectivity index (χ3v) is 2.57. The Hall–Kier alpha value is 3.10. The van der Waals surface area contributed by atoms with Crippen molar-refractivity contribution in [2.45, 2.75) is 30.7 Å². The first kappa shape index (κ1) is 30.9. The minimum atomic E-state index is -4.91. The Morgan fingerprint density at radius 1 is 1.00 bits per heavy atom. The second kappa shape index (κ2) is 13.4. The molecule has 0 aromatic rings. The van der Waals surface area contributed by atoms with Crippen LogP contribution in [0.5, 0.6) is 0 Å². The number of ether oxygens (including phenoxy) is 1. The van der Waals surface area contributed by atoms with E-state index < -0.39 is 45.1 Å². The smallest absolute Gasteiger partial charge is 0.412 e. The quantitative estimate of drug-likeness (QED) is 0.204. The summed E-state index contributed by atoms with van der Waals surface area (Å²) in [6, 6.07) is 0. The van der Waals surface area contributed by atoms with Gasteiger partial charge in [0.05, 0.1) is 6.61 Å². The van der Waals surface area contributed by atoms with Gasteiger partial charge < -0.3 is 45.9 Å². The molecular weight excluding hydrogens is 357 g/mol. The Morgan fingerprint density at radius 2 is 1.45 bits per heavy atom. The maximum Gasteiger partial charge on any atom is 0.472 e. The van der Waals surface area contributed by atoms with Crippen LogP contribution in [-0.2, 0) is 13.8 Å². The third-order valence-electron chi connectivity index (χ3n) is 2.09. The van der Waals surface area contributed by atoms with Crippen LogP contribution in [0.25, 0.3) is 0 Å². The van der Waals surface area contributed by atoms with Crippen molar-refractivity contribution in [2.75, 3.05) is 6.61 Å². The van der Waals surface area contributed by atoms with Crippen molar-refractivity contribution in [2.24, 2.45) is 0 Å². The number of hydrogen-bond donors (Lipinski definition) is 6. The van der Waals surface area contributed by atoms with E-state index in [-0.39, 0.29) is 114 Å². The number of phosphoric ester groups is 1. The minimum absolute atomic E-state index is 0. The Morgan fingerprint density at radius 3 is 1.80 bits per heavy atom. The van der Waals surface area contributed by atoms with Crippen LogP contribution in [0.2, 0.25) is 0 Å². The van der Waals surface area contributed by atoms with E-state index in [4.69, 9.17) is 14.9 Å². The van der Waals surface area contributed by atoms with Crippen molar-refractivity contribution in [1.82, 2.24) is 0 Å². The number of aliphatic hydroxyl groups excluding tert-OH is 4. The van der Waals surface area contributed by atoms with E-state index in [0.717, 1.165) is 0 Å². The van der Waals surface area contributed by atoms with E-state index in [0.29, 0.717) is 0 Å². The molecule has 0 unspecified atom stereocenters. The second-order valence-corrected chi connectivity index (χ2v) is 4.49. The van der Waals surface area contributed by atoms with Crippen LogP contribution < -0.4 is 0 Å². The molecule has 14 heteroatoms. The van der Waals surface area contributed by atoms with E-state index in [1.807, 2.05) is 0 Å². The van der Waals surface area contributed by atoms with Gasteiger partial charge in [-0.3, -0.25) is 4.52 Å². The molecule has 1 aliphatic heterocycles. The normalized spacial score (nSPS) is 32.8. The first-order valence-electron chi connectivity index (χ1n) is 4.30. The van der Waals surface area contributed by atoms with Gasteiger partial charge in [0.2, 0.25) is 0 Å². The molecule has 2 radical (unpaired) electrons. The first-order chi connectivity index (χ1) is 7.26. The zero-order valence-electron chi connectivity index (χ0n) is 10.9. The van der Waals surface area contributed by atoms with Crippen molar-refractivity contribution >= 4 is 111 Å². The molecule has 10 N–H and O–H groups in total. The predicted molar refractivity (Wildman–Crippen MR) is 65.6 cm³/mol. The van der Waals surface area contributed by atoms with Gasteiger partial charge in [-0.15, -0.1) is 0 Å². The largest absolute Gasteiger partial charge is 0.472 e. The molecule has 1 heterocycles. The SMILES string of the molecule is O.O.O=P(O)(O)O[C@H]1O[C@H](CO)[C@@H](O)[C@H](O)[C@H]1O.[K].[K]. The fourth-order valence-electron chi connectivity index (χ4n) is 1.29. The van der Waals surface area contributed by atoms with Gasteiger partial charge in [-0.1, -0.05) is 0 Å². The summed E-state index contributed by atoms with van der Waals surface area (Å²) in [6.07, 6.45) is -8.25. The molecule has 0 spiro atoms. The van der Waals surface area contributed by atoms with Gasteiger partial charge in [0.1, 0.15) is 24.4 Å². The molecule has 5 atom stereocenters. The average molecular weight is 374 g/mol. The summed E-state index contributed by atoms with van der Waals surface area (Å²) in [5, 5.41) is 36.6. The molecular formula is C6H17K2O11P. The average Bonchev–Trinajstić information content (AvgIpc) is 2.17. The van der Waals surface area contributed by atoms with Crippen LogP contribution in [-0.4, -0.2) is 181 Å². The van der Waals surface area contributed by atoms with Crippen molar-refractivity contribution in [1.29, 1.82) is 0 Å². The molecule has 0 aromatic heterocycles.